The molecule has 0 unspecified atom stereocenters. The third kappa shape index (κ3) is 1.15. The summed E-state index contributed by atoms with van der Waals surface area (Å²) in [5.41, 5.74) is 0.899. The summed E-state index contributed by atoms with van der Waals surface area (Å²) in [6, 6.07) is 9.52. The van der Waals surface area contributed by atoms with Crippen molar-refractivity contribution in [2.45, 2.75) is 0 Å². The van der Waals surface area contributed by atoms with E-state index in [0.717, 1.165) is 5.56 Å². The summed E-state index contributed by atoms with van der Waals surface area (Å²) in [5, 5.41) is 0. The Hall–Kier alpha value is -1.57. The molecule has 1 heterocycles. The van der Waals surface area contributed by atoms with Crippen LogP contribution in [0.5, 0.6) is 0 Å². The van der Waals surface area contributed by atoms with Crippen molar-refractivity contribution in [3.05, 3.63) is 42.8 Å². The molecule has 0 radical (unpaired) electrons. The molecule has 0 fully saturated rings. The average Bonchev–Trinajstić information content (AvgIpc) is 2.54. The summed E-state index contributed by atoms with van der Waals surface area (Å²) in [7, 11) is 0. The second kappa shape index (κ2) is 2.58. The van der Waals surface area contributed by atoms with Crippen LogP contribution >= 0.6 is 0 Å². The van der Waals surface area contributed by atoms with Gasteiger partial charge in [-0.3, -0.25) is 0 Å². The molecule has 0 saturated heterocycles. The van der Waals surface area contributed by atoms with Crippen LogP contribution in [0, 0.1) is 0 Å². The van der Waals surface area contributed by atoms with Gasteiger partial charge in [-0.25, -0.2) is 4.98 Å². The quantitative estimate of drug-likeness (QED) is 0.617. The summed E-state index contributed by atoms with van der Waals surface area (Å²) >= 11 is 0. The maximum atomic E-state index is 7.14. The van der Waals surface area contributed by atoms with Crippen LogP contribution in [-0.2, 0) is 0 Å². The Labute approximate surface area is 65.9 Å². The van der Waals surface area contributed by atoms with Crippen LogP contribution in [0.3, 0.4) is 0 Å². The van der Waals surface area contributed by atoms with Gasteiger partial charge in [0, 0.05) is 5.56 Å². The first-order valence-electron chi connectivity index (χ1n) is 3.84. The van der Waals surface area contributed by atoms with Gasteiger partial charge in [0.25, 0.3) is 0 Å². The van der Waals surface area contributed by atoms with E-state index in [9.17, 15) is 0 Å². The number of oxazole rings is 1. The van der Waals surface area contributed by atoms with Gasteiger partial charge >= 0.3 is 0 Å². The molecule has 2 rings (SSSR count). The summed E-state index contributed by atoms with van der Waals surface area (Å²) in [4.78, 5) is 3.93. The Balaban J connectivity index is 2.45. The van der Waals surface area contributed by atoms with Crippen LogP contribution < -0.4 is 0 Å². The molecule has 11 heavy (non-hydrogen) atoms. The fraction of sp³-hybridized carbons (Fsp3) is 0. The van der Waals surface area contributed by atoms with Gasteiger partial charge in [0.2, 0.25) is 5.89 Å². The van der Waals surface area contributed by atoms with Crippen molar-refractivity contribution in [1.29, 1.82) is 0 Å². The first-order chi connectivity index (χ1) is 5.86. The van der Waals surface area contributed by atoms with E-state index in [1.807, 2.05) is 30.3 Å². The molecule has 0 saturated carbocycles. The van der Waals surface area contributed by atoms with Crippen molar-refractivity contribution in [3.63, 3.8) is 0 Å². The normalized spacial score (nSPS) is 11.1. The second-order valence-electron chi connectivity index (χ2n) is 2.15. The van der Waals surface area contributed by atoms with Crippen molar-refractivity contribution in [3.8, 4) is 11.5 Å². The summed E-state index contributed by atoms with van der Waals surface area (Å²) in [5.74, 6) is 0.501. The third-order valence-corrected chi connectivity index (χ3v) is 1.41. The minimum Gasteiger partial charge on any atom is -0.445 e. The van der Waals surface area contributed by atoms with Crippen LogP contribution in [-0.4, -0.2) is 4.98 Å². The van der Waals surface area contributed by atoms with Crippen molar-refractivity contribution in [1.82, 2.24) is 4.98 Å². The van der Waals surface area contributed by atoms with Crippen LogP contribution in [0.25, 0.3) is 11.5 Å². The molecule has 0 aliphatic carbocycles. The van der Waals surface area contributed by atoms with Gasteiger partial charge in [0.1, 0.15) is 7.61 Å². The highest BCUT2D eigenvalue weighted by atomic mass is 16.3. The predicted octanol–water partition coefficient (Wildman–Crippen LogP) is 2.34. The highest BCUT2D eigenvalue weighted by Gasteiger charge is 1.97. The zero-order valence-corrected chi connectivity index (χ0v) is 5.82. The van der Waals surface area contributed by atoms with Crippen molar-refractivity contribution >= 4 is 0 Å². The molecular weight excluding hydrogens is 138 g/mol. The molecule has 0 aliphatic heterocycles. The lowest BCUT2D eigenvalue weighted by atomic mass is 10.2. The molecule has 0 N–H and O–H groups in total. The standard InChI is InChI=1S/C9H7NO/c1-2-4-8(5-3-1)9-10-6-7-11-9/h1-7H/i7D. The van der Waals surface area contributed by atoms with E-state index in [-0.39, 0.29) is 6.24 Å². The lowest BCUT2D eigenvalue weighted by molar-refractivity contribution is 0.574. The number of rotatable bonds is 1. The van der Waals surface area contributed by atoms with Gasteiger partial charge in [-0.15, -0.1) is 0 Å². The van der Waals surface area contributed by atoms with Gasteiger partial charge in [-0.2, -0.15) is 0 Å². The maximum Gasteiger partial charge on any atom is 0.225 e. The number of aromatic nitrogens is 1. The Kier molecular flexibility index (Phi) is 1.20. The van der Waals surface area contributed by atoms with E-state index >= 15 is 0 Å². The monoisotopic (exact) mass is 146 g/mol. The average molecular weight is 146 g/mol. The lowest BCUT2D eigenvalue weighted by Gasteiger charge is -1.91. The van der Waals surface area contributed by atoms with E-state index < -0.39 is 0 Å². The number of hydrogen-bond donors (Lipinski definition) is 0. The van der Waals surface area contributed by atoms with Gasteiger partial charge in [0.05, 0.1) is 6.20 Å². The lowest BCUT2D eigenvalue weighted by Crippen LogP contribution is -1.73. The maximum absolute atomic E-state index is 7.14. The van der Waals surface area contributed by atoms with E-state index in [4.69, 9.17) is 5.79 Å². The van der Waals surface area contributed by atoms with E-state index in [0.29, 0.717) is 5.89 Å². The molecule has 2 nitrogen and oxygen atoms in total. The van der Waals surface area contributed by atoms with Gasteiger partial charge in [0.15, 0.2) is 0 Å². The second-order valence-corrected chi connectivity index (χ2v) is 2.15. The van der Waals surface area contributed by atoms with Crippen LogP contribution in [0.4, 0.5) is 0 Å². The van der Waals surface area contributed by atoms with Crippen LogP contribution in [0.1, 0.15) is 1.37 Å². The molecule has 0 aliphatic rings. The highest BCUT2D eigenvalue weighted by Crippen LogP contribution is 2.14. The van der Waals surface area contributed by atoms with Crippen LogP contribution in [0.2, 0.25) is 0 Å². The molecular formula is C9H7NO. The van der Waals surface area contributed by atoms with Gasteiger partial charge in [-0.1, -0.05) is 18.2 Å². The molecule has 2 aromatic rings. The largest absolute Gasteiger partial charge is 0.445 e. The summed E-state index contributed by atoms with van der Waals surface area (Å²) < 4.78 is 12.2. The molecule has 1 aromatic heterocycles. The molecule has 1 aromatic carbocycles. The molecule has 0 bridgehead atoms. The SMILES string of the molecule is [2H]c1cnc(-c2ccccc2)o1. The summed E-state index contributed by atoms with van der Waals surface area (Å²) in [6.07, 6.45) is 1.48. The number of nitrogens with zero attached hydrogens (tertiary/aromatic N) is 1. The molecule has 0 atom stereocenters. The molecule has 0 amide bonds. The van der Waals surface area contributed by atoms with Crippen LogP contribution in [0.15, 0.2) is 47.2 Å². The molecule has 54 valence electrons. The van der Waals surface area contributed by atoms with Crippen molar-refractivity contribution in [2.75, 3.05) is 0 Å². The minimum atomic E-state index is 0.0915. The minimum absolute atomic E-state index is 0.0915. The third-order valence-electron chi connectivity index (χ3n) is 1.41. The fourth-order valence-electron chi connectivity index (χ4n) is 0.908. The van der Waals surface area contributed by atoms with E-state index in [1.54, 1.807) is 0 Å². The van der Waals surface area contributed by atoms with Gasteiger partial charge in [-0.05, 0) is 12.1 Å². The van der Waals surface area contributed by atoms with E-state index in [2.05, 4.69) is 4.98 Å². The summed E-state index contributed by atoms with van der Waals surface area (Å²) in [6.45, 7) is 0. The van der Waals surface area contributed by atoms with Crippen molar-refractivity contribution < 1.29 is 5.79 Å². The first kappa shape index (κ1) is 5.13. The zero-order chi connectivity index (χ0) is 8.39. The topological polar surface area (TPSA) is 26.0 Å². The Morgan fingerprint density at radius 1 is 1.27 bits per heavy atom. The Morgan fingerprint density at radius 3 is 2.73 bits per heavy atom. The predicted molar refractivity (Wildman–Crippen MR) is 41.9 cm³/mol. The van der Waals surface area contributed by atoms with E-state index in [1.165, 1.54) is 6.20 Å². The molecule has 2 heteroatoms. The Morgan fingerprint density at radius 2 is 2.09 bits per heavy atom. The highest BCUT2D eigenvalue weighted by molar-refractivity contribution is 5.51. The van der Waals surface area contributed by atoms with Crippen molar-refractivity contribution in [2.24, 2.45) is 0 Å². The number of benzene rings is 1. The Bertz CT molecular complexity index is 369. The molecule has 0 spiro atoms. The van der Waals surface area contributed by atoms with Gasteiger partial charge < -0.3 is 4.42 Å². The fourth-order valence-corrected chi connectivity index (χ4v) is 0.908. The first-order valence-corrected chi connectivity index (χ1v) is 3.34. The number of hydrogen-bond acceptors (Lipinski definition) is 2. The smallest absolute Gasteiger partial charge is 0.225 e. The zero-order valence-electron chi connectivity index (χ0n) is 6.82.